The van der Waals surface area contributed by atoms with Gasteiger partial charge in [0.2, 0.25) is 9.04 Å². The second kappa shape index (κ2) is 3.81. The summed E-state index contributed by atoms with van der Waals surface area (Å²) in [5.74, 6) is -0.779. The van der Waals surface area contributed by atoms with Gasteiger partial charge >= 0.3 is 5.97 Å². The summed E-state index contributed by atoms with van der Waals surface area (Å²) in [6.45, 7) is 3.63. The van der Waals surface area contributed by atoms with E-state index < -0.39 is 18.8 Å². The molecule has 0 aliphatic rings. The van der Waals surface area contributed by atoms with Crippen LogP contribution in [0.4, 0.5) is 0 Å². The van der Waals surface area contributed by atoms with Crippen LogP contribution in [0.25, 0.3) is 0 Å². The molecule has 0 spiro atoms. The molecule has 0 aliphatic carbocycles. The van der Waals surface area contributed by atoms with E-state index in [-0.39, 0.29) is 0 Å². The van der Waals surface area contributed by atoms with Gasteiger partial charge in [-0.3, -0.25) is 0 Å². The zero-order chi connectivity index (χ0) is 8.36. The number of rotatable bonds is 1. The van der Waals surface area contributed by atoms with Crippen molar-refractivity contribution in [3.63, 3.8) is 0 Å². The molecule has 10 heavy (non-hydrogen) atoms. The first-order chi connectivity index (χ1) is 4.34. The largest absolute Gasteiger partial charge is 0.519 e. The summed E-state index contributed by atoms with van der Waals surface area (Å²) in [4.78, 5) is 10.7. The van der Waals surface area contributed by atoms with Gasteiger partial charge in [-0.15, -0.1) is 0 Å². The van der Waals surface area contributed by atoms with Gasteiger partial charge in [-0.1, -0.05) is 34.8 Å². The zero-order valence-electron chi connectivity index (χ0n) is 5.53. The minimum absolute atomic E-state index is 0.779. The Morgan fingerprint density at radius 1 is 1.40 bits per heavy atom. The van der Waals surface area contributed by atoms with Crippen LogP contribution in [0.5, 0.6) is 0 Å². The Hall–Kier alpha value is 0.557. The number of hydrogen-bond donors (Lipinski definition) is 0. The minimum atomic E-state index is -1.92. The molecular formula is C4H7Cl3O2Si. The fourth-order valence-corrected chi connectivity index (χ4v) is 1.24. The van der Waals surface area contributed by atoms with Gasteiger partial charge in [-0.05, 0) is 13.1 Å². The number of hydrogen-bond acceptors (Lipinski definition) is 2. The lowest BCUT2D eigenvalue weighted by molar-refractivity contribution is -0.133. The van der Waals surface area contributed by atoms with E-state index in [2.05, 4.69) is 0 Å². The topological polar surface area (TPSA) is 26.3 Å². The molecule has 0 unspecified atom stereocenters. The molecule has 0 aromatic rings. The van der Waals surface area contributed by atoms with E-state index in [0.29, 0.717) is 0 Å². The molecule has 0 amide bonds. The third-order valence-electron chi connectivity index (χ3n) is 0.574. The van der Waals surface area contributed by atoms with Crippen molar-refractivity contribution in [2.75, 3.05) is 0 Å². The third-order valence-corrected chi connectivity index (χ3v) is 1.72. The summed E-state index contributed by atoms with van der Waals surface area (Å²) in [6.07, 6.45) is 0. The molecule has 0 atom stereocenters. The van der Waals surface area contributed by atoms with Crippen molar-refractivity contribution in [1.82, 2.24) is 0 Å². The molecule has 0 aliphatic heterocycles. The molecule has 0 aromatic heterocycles. The molecule has 0 saturated carbocycles. The van der Waals surface area contributed by atoms with Crippen LogP contribution in [0, 0.1) is 0 Å². The smallest absolute Gasteiger partial charge is 0.345 e. The Labute approximate surface area is 76.1 Å². The van der Waals surface area contributed by atoms with Crippen molar-refractivity contribution in [1.29, 1.82) is 0 Å². The van der Waals surface area contributed by atoms with Crippen molar-refractivity contribution in [2.45, 2.75) is 16.9 Å². The lowest BCUT2D eigenvalue weighted by Crippen LogP contribution is -2.26. The normalized spacial score (nSPS) is 11.8. The summed E-state index contributed by atoms with van der Waals surface area (Å²) < 4.78 is 2.80. The molecule has 0 heterocycles. The van der Waals surface area contributed by atoms with Gasteiger partial charge < -0.3 is 4.43 Å². The number of carbonyl (C=O) groups excluding carboxylic acids is 1. The first-order valence-corrected chi connectivity index (χ1v) is 6.53. The molecule has 0 N–H and O–H groups in total. The first-order valence-electron chi connectivity index (χ1n) is 2.62. The lowest BCUT2D eigenvalue weighted by Gasteiger charge is -2.12. The van der Waals surface area contributed by atoms with Crippen LogP contribution in [0.1, 0.15) is 0 Å². The number of carbonyl (C=O) groups is 1. The fraction of sp³-hybridized carbons (Fsp3) is 0.750. The van der Waals surface area contributed by atoms with Gasteiger partial charge in [0.1, 0.15) is 0 Å². The highest BCUT2D eigenvalue weighted by atomic mass is 35.6. The molecule has 0 saturated heterocycles. The second-order valence-corrected chi connectivity index (χ2v) is 6.57. The number of halogens is 3. The average molecular weight is 222 g/mol. The molecule has 2 nitrogen and oxygen atoms in total. The highest BCUT2D eigenvalue weighted by Crippen LogP contribution is 2.27. The highest BCUT2D eigenvalue weighted by Gasteiger charge is 2.32. The Morgan fingerprint density at radius 3 is 1.90 bits per heavy atom. The van der Waals surface area contributed by atoms with Gasteiger partial charge in [0, 0.05) is 0 Å². The van der Waals surface area contributed by atoms with E-state index in [0.717, 1.165) is 0 Å². The molecular weight excluding hydrogens is 214 g/mol. The minimum Gasteiger partial charge on any atom is -0.519 e. The summed E-state index contributed by atoms with van der Waals surface area (Å²) in [5.41, 5.74) is 0. The van der Waals surface area contributed by atoms with Crippen LogP contribution in [0.15, 0.2) is 0 Å². The van der Waals surface area contributed by atoms with Crippen LogP contribution in [0.2, 0.25) is 13.1 Å². The molecule has 6 heteroatoms. The van der Waals surface area contributed by atoms with E-state index in [1.54, 1.807) is 0 Å². The van der Waals surface area contributed by atoms with E-state index in [1.165, 1.54) is 0 Å². The Bertz CT molecular complexity index is 131. The lowest BCUT2D eigenvalue weighted by atomic mass is 10.8. The van der Waals surface area contributed by atoms with Crippen molar-refractivity contribution in [2.24, 2.45) is 0 Å². The summed E-state index contributed by atoms with van der Waals surface area (Å²) in [6, 6.07) is 0. The van der Waals surface area contributed by atoms with Crippen molar-refractivity contribution in [3.8, 4) is 0 Å². The van der Waals surface area contributed by atoms with Crippen LogP contribution >= 0.6 is 34.8 Å². The van der Waals surface area contributed by atoms with E-state index in [1.807, 2.05) is 13.1 Å². The quantitative estimate of drug-likeness (QED) is 0.499. The van der Waals surface area contributed by atoms with Gasteiger partial charge in [0.05, 0.1) is 0 Å². The molecule has 0 bridgehead atoms. The number of alkyl halides is 3. The van der Waals surface area contributed by atoms with Gasteiger partial charge in [0.15, 0.2) is 0 Å². The maximum Gasteiger partial charge on any atom is 0.345 e. The molecule has 0 rings (SSSR count). The predicted molar refractivity (Wildman–Crippen MR) is 45.3 cm³/mol. The second-order valence-electron chi connectivity index (χ2n) is 1.95. The van der Waals surface area contributed by atoms with Crippen molar-refractivity contribution < 1.29 is 9.22 Å². The van der Waals surface area contributed by atoms with Crippen LogP contribution in [0.3, 0.4) is 0 Å². The standard InChI is InChI=1S/C4H7Cl3O2Si/c1-10(2)9-3(8)4(5,6)7/h10H,1-2H3. The zero-order valence-corrected chi connectivity index (χ0v) is 8.95. The average Bonchev–Trinajstić information content (AvgIpc) is 1.60. The Kier molecular flexibility index (Phi) is 4.02. The van der Waals surface area contributed by atoms with Crippen LogP contribution in [-0.2, 0) is 9.22 Å². The molecule has 0 radical (unpaired) electrons. The molecule has 0 fully saturated rings. The van der Waals surface area contributed by atoms with E-state index >= 15 is 0 Å². The Morgan fingerprint density at radius 2 is 1.80 bits per heavy atom. The predicted octanol–water partition coefficient (Wildman–Crippen LogP) is 1.88. The van der Waals surface area contributed by atoms with Gasteiger partial charge in [-0.25, -0.2) is 4.79 Å². The summed E-state index contributed by atoms with van der Waals surface area (Å²) >= 11 is 15.6. The van der Waals surface area contributed by atoms with Crippen molar-refractivity contribution >= 4 is 49.8 Å². The van der Waals surface area contributed by atoms with E-state index in [9.17, 15) is 4.79 Å². The monoisotopic (exact) mass is 220 g/mol. The highest BCUT2D eigenvalue weighted by molar-refractivity contribution is 6.76. The maximum absolute atomic E-state index is 10.7. The van der Waals surface area contributed by atoms with Gasteiger partial charge in [-0.2, -0.15) is 0 Å². The Balaban J connectivity index is 3.87. The van der Waals surface area contributed by atoms with E-state index in [4.69, 9.17) is 39.2 Å². The summed E-state index contributed by atoms with van der Waals surface area (Å²) in [5, 5.41) is 0. The van der Waals surface area contributed by atoms with Crippen LogP contribution in [-0.4, -0.2) is 18.8 Å². The molecule has 0 aromatic carbocycles. The molecule has 60 valence electrons. The van der Waals surface area contributed by atoms with Crippen molar-refractivity contribution in [3.05, 3.63) is 0 Å². The maximum atomic E-state index is 10.7. The van der Waals surface area contributed by atoms with Gasteiger partial charge in [0.25, 0.3) is 3.79 Å². The fourth-order valence-electron chi connectivity index (χ4n) is 0.281. The summed E-state index contributed by atoms with van der Waals surface area (Å²) in [7, 11) is -1.43. The third kappa shape index (κ3) is 4.38. The SMILES string of the molecule is C[SiH](C)OC(=O)C(Cl)(Cl)Cl. The van der Waals surface area contributed by atoms with Crippen LogP contribution < -0.4 is 0 Å². The first kappa shape index (κ1) is 10.6.